The molecule has 0 unspecified atom stereocenters. The van der Waals surface area contributed by atoms with E-state index in [9.17, 15) is 5.11 Å². The van der Waals surface area contributed by atoms with Crippen molar-refractivity contribution >= 4 is 0 Å². The Kier molecular flexibility index (Phi) is 4.26. The van der Waals surface area contributed by atoms with Crippen LogP contribution in [-0.2, 0) is 6.42 Å². The third-order valence-corrected chi connectivity index (χ3v) is 1.96. The van der Waals surface area contributed by atoms with Gasteiger partial charge in [-0.3, -0.25) is 0 Å². The highest BCUT2D eigenvalue weighted by Crippen LogP contribution is 2.26. The number of quaternary nitrogens is 1. The Balaban J connectivity index is 2.72. The first-order valence-corrected chi connectivity index (χ1v) is 4.83. The van der Waals surface area contributed by atoms with Gasteiger partial charge >= 0.3 is 0 Å². The Hall–Kier alpha value is -1.22. The minimum atomic E-state index is 0.203. The van der Waals surface area contributed by atoms with Crippen LogP contribution in [0, 0.1) is 7.05 Å². The van der Waals surface area contributed by atoms with Crippen LogP contribution in [0.15, 0.2) is 18.2 Å². The van der Waals surface area contributed by atoms with Crippen LogP contribution < -0.4 is 10.1 Å². The molecule has 3 nitrogen and oxygen atoms in total. The molecule has 0 aliphatic heterocycles. The van der Waals surface area contributed by atoms with Crippen LogP contribution in [-0.4, -0.2) is 18.3 Å². The third kappa shape index (κ3) is 2.92. The van der Waals surface area contributed by atoms with E-state index in [4.69, 9.17) is 4.74 Å². The molecule has 1 aromatic rings. The minimum absolute atomic E-state index is 0.203. The summed E-state index contributed by atoms with van der Waals surface area (Å²) in [6, 6.07) is 5.45. The molecule has 0 radical (unpaired) electrons. The Labute approximate surface area is 84.7 Å². The van der Waals surface area contributed by atoms with Gasteiger partial charge in [0.2, 0.25) is 0 Å². The van der Waals surface area contributed by atoms with E-state index in [1.165, 1.54) is 0 Å². The molecule has 0 saturated heterocycles. The summed E-state index contributed by atoms with van der Waals surface area (Å²) in [5.41, 5.74) is 1.16. The predicted octanol–water partition coefficient (Wildman–Crippen LogP) is 0.688. The molecule has 0 spiro atoms. The van der Waals surface area contributed by atoms with Gasteiger partial charge in [0, 0.05) is 6.42 Å². The molecule has 0 bridgehead atoms. The number of hydrogen-bond donors (Lipinski definition) is 2. The molecule has 0 heterocycles. The fourth-order valence-electron chi connectivity index (χ4n) is 1.25. The predicted molar refractivity (Wildman–Crippen MR) is 55.1 cm³/mol. The van der Waals surface area contributed by atoms with Crippen LogP contribution in [0.1, 0.15) is 12.5 Å². The zero-order valence-corrected chi connectivity index (χ0v) is 8.49. The molecule has 3 heteroatoms. The van der Waals surface area contributed by atoms with Crippen molar-refractivity contribution in [1.82, 2.24) is 0 Å². The smallest absolute Gasteiger partial charge is 0.161 e. The van der Waals surface area contributed by atoms with Gasteiger partial charge in [-0.2, -0.15) is 7.05 Å². The van der Waals surface area contributed by atoms with Crippen LogP contribution in [0.5, 0.6) is 11.5 Å². The van der Waals surface area contributed by atoms with Crippen LogP contribution in [0.2, 0.25) is 0 Å². The Morgan fingerprint density at radius 1 is 1.50 bits per heavy atom. The monoisotopic (exact) mass is 195 g/mol. The molecule has 78 valence electrons. The molecular weight excluding hydrogens is 178 g/mol. The van der Waals surface area contributed by atoms with Crippen molar-refractivity contribution in [3.63, 3.8) is 0 Å². The minimum Gasteiger partial charge on any atom is -0.504 e. The molecule has 0 fully saturated rings. The molecule has 0 aliphatic carbocycles. The zero-order valence-electron chi connectivity index (χ0n) is 8.49. The van der Waals surface area contributed by atoms with Crippen LogP contribution in [0.25, 0.3) is 0 Å². The number of phenolic OH excluding ortho intramolecular Hbond substituents is 1. The van der Waals surface area contributed by atoms with Gasteiger partial charge in [-0.15, -0.1) is 0 Å². The molecular formula is C11H17NO2. The van der Waals surface area contributed by atoms with Gasteiger partial charge < -0.3 is 15.2 Å². The quantitative estimate of drug-likeness (QED) is 0.679. The van der Waals surface area contributed by atoms with Crippen molar-refractivity contribution in [1.29, 1.82) is 0 Å². The lowest BCUT2D eigenvalue weighted by Crippen LogP contribution is -2.77. The number of nitrogens with two attached hydrogens (primary N) is 1. The number of hydrogen-bond acceptors (Lipinski definition) is 2. The SMILES string of the molecule is [CH2-][NH2+]CCc1ccc(O)c(OCC)c1. The second-order valence-corrected chi connectivity index (χ2v) is 3.06. The van der Waals surface area contributed by atoms with Gasteiger partial charge in [-0.1, -0.05) is 6.07 Å². The Bertz CT molecular complexity index is 287. The normalized spacial score (nSPS) is 10.1. The van der Waals surface area contributed by atoms with Crippen LogP contribution >= 0.6 is 0 Å². The fraction of sp³-hybridized carbons (Fsp3) is 0.364. The zero-order chi connectivity index (χ0) is 10.4. The highest BCUT2D eigenvalue weighted by Gasteiger charge is 2.02. The Morgan fingerprint density at radius 3 is 2.93 bits per heavy atom. The fourth-order valence-corrected chi connectivity index (χ4v) is 1.25. The molecule has 0 aliphatic rings. The lowest BCUT2D eigenvalue weighted by molar-refractivity contribution is -0.594. The van der Waals surface area contributed by atoms with Gasteiger partial charge in [0.15, 0.2) is 11.5 Å². The van der Waals surface area contributed by atoms with Crippen molar-refractivity contribution in [3.05, 3.63) is 30.8 Å². The number of ether oxygens (including phenoxy) is 1. The summed E-state index contributed by atoms with van der Waals surface area (Å²) in [7, 11) is 3.67. The van der Waals surface area contributed by atoms with E-state index in [0.29, 0.717) is 12.4 Å². The number of rotatable bonds is 5. The molecule has 0 amide bonds. The van der Waals surface area contributed by atoms with Crippen molar-refractivity contribution in [2.24, 2.45) is 0 Å². The standard InChI is InChI=1S/C11H17NO2/c1-3-14-11-8-9(6-7-12-2)4-5-10(11)13/h4-5,8,13H,2-3,6-7,12H2,1H3. The van der Waals surface area contributed by atoms with Gasteiger partial charge in [0.1, 0.15) is 0 Å². The lowest BCUT2D eigenvalue weighted by Gasteiger charge is -2.08. The van der Waals surface area contributed by atoms with Crippen molar-refractivity contribution in [2.75, 3.05) is 13.2 Å². The molecule has 0 saturated carbocycles. The van der Waals surface area contributed by atoms with E-state index in [2.05, 4.69) is 7.05 Å². The second-order valence-electron chi connectivity index (χ2n) is 3.06. The molecule has 14 heavy (non-hydrogen) atoms. The Morgan fingerprint density at radius 2 is 2.29 bits per heavy atom. The van der Waals surface area contributed by atoms with Gasteiger partial charge in [-0.05, 0) is 24.6 Å². The maximum Gasteiger partial charge on any atom is 0.161 e. The number of aromatic hydroxyl groups is 1. The molecule has 0 aromatic heterocycles. The summed E-state index contributed by atoms with van der Waals surface area (Å²) < 4.78 is 5.28. The van der Waals surface area contributed by atoms with E-state index < -0.39 is 0 Å². The van der Waals surface area contributed by atoms with Gasteiger partial charge in [0.25, 0.3) is 0 Å². The van der Waals surface area contributed by atoms with Crippen molar-refractivity contribution < 1.29 is 15.2 Å². The number of benzene rings is 1. The summed E-state index contributed by atoms with van der Waals surface area (Å²) in [4.78, 5) is 0. The highest BCUT2D eigenvalue weighted by molar-refractivity contribution is 5.41. The van der Waals surface area contributed by atoms with E-state index in [1.807, 2.05) is 24.4 Å². The van der Waals surface area contributed by atoms with Crippen LogP contribution in [0.4, 0.5) is 0 Å². The van der Waals surface area contributed by atoms with Gasteiger partial charge in [-0.25, -0.2) is 0 Å². The first kappa shape index (κ1) is 10.9. The molecule has 1 rings (SSSR count). The van der Waals surface area contributed by atoms with E-state index in [1.54, 1.807) is 6.07 Å². The first-order valence-electron chi connectivity index (χ1n) is 4.83. The summed E-state index contributed by atoms with van der Waals surface area (Å²) in [5, 5.41) is 11.3. The van der Waals surface area contributed by atoms with E-state index in [0.717, 1.165) is 18.5 Å². The average molecular weight is 195 g/mol. The summed E-state index contributed by atoms with van der Waals surface area (Å²) in [5.74, 6) is 0.767. The van der Waals surface area contributed by atoms with E-state index in [-0.39, 0.29) is 5.75 Å². The van der Waals surface area contributed by atoms with E-state index >= 15 is 0 Å². The summed E-state index contributed by atoms with van der Waals surface area (Å²) in [6.45, 7) is 3.41. The molecule has 0 atom stereocenters. The summed E-state index contributed by atoms with van der Waals surface area (Å²) >= 11 is 0. The first-order chi connectivity index (χ1) is 6.77. The highest BCUT2D eigenvalue weighted by atomic mass is 16.5. The third-order valence-electron chi connectivity index (χ3n) is 1.96. The number of phenols is 1. The lowest BCUT2D eigenvalue weighted by atomic mass is 10.1. The molecule has 3 N–H and O–H groups in total. The average Bonchev–Trinajstić information content (AvgIpc) is 2.19. The van der Waals surface area contributed by atoms with Crippen molar-refractivity contribution in [2.45, 2.75) is 13.3 Å². The van der Waals surface area contributed by atoms with Crippen molar-refractivity contribution in [3.8, 4) is 11.5 Å². The second kappa shape index (κ2) is 5.50. The van der Waals surface area contributed by atoms with Gasteiger partial charge in [0.05, 0.1) is 13.2 Å². The summed E-state index contributed by atoms with van der Waals surface area (Å²) in [6.07, 6.45) is 0.934. The van der Waals surface area contributed by atoms with Crippen LogP contribution in [0.3, 0.4) is 0 Å². The topological polar surface area (TPSA) is 46.1 Å². The maximum atomic E-state index is 9.45. The molecule has 1 aromatic carbocycles. The maximum absolute atomic E-state index is 9.45. The largest absolute Gasteiger partial charge is 0.504 e.